The lowest BCUT2D eigenvalue weighted by molar-refractivity contribution is -0.0900. The molecule has 174 valence electrons. The Kier molecular flexibility index (Phi) is 15.5. The molecule has 0 aliphatic heterocycles. The molecule has 1 amide bonds. The van der Waals surface area contributed by atoms with Gasteiger partial charge in [0, 0.05) is 6.54 Å². The van der Waals surface area contributed by atoms with Crippen molar-refractivity contribution in [2.75, 3.05) is 19.8 Å². The monoisotopic (exact) mass is 417 g/mol. The lowest BCUT2D eigenvalue weighted by Gasteiger charge is -2.29. The maximum absolute atomic E-state index is 11.3. The molecule has 6 heteroatoms. The van der Waals surface area contributed by atoms with E-state index in [2.05, 4.69) is 33.0 Å². The van der Waals surface area contributed by atoms with Crippen molar-refractivity contribution in [3.63, 3.8) is 0 Å². The fourth-order valence-electron chi connectivity index (χ4n) is 3.50. The lowest BCUT2D eigenvalue weighted by Crippen LogP contribution is -2.43. The molecule has 0 spiro atoms. The third kappa shape index (κ3) is 15.6. The molecule has 0 aliphatic carbocycles. The second kappa shape index (κ2) is 15.9. The molecular weight excluding hydrogens is 370 g/mol. The van der Waals surface area contributed by atoms with Gasteiger partial charge in [-0.3, -0.25) is 0 Å². The zero-order chi connectivity index (χ0) is 22.3. The lowest BCUT2D eigenvalue weighted by atomic mass is 9.88. The van der Waals surface area contributed by atoms with E-state index in [4.69, 9.17) is 9.84 Å². The first-order valence-electron chi connectivity index (χ1n) is 11.5. The maximum atomic E-state index is 11.3. The average Bonchev–Trinajstić information content (AvgIpc) is 2.63. The minimum atomic E-state index is -1.29. The summed E-state index contributed by atoms with van der Waals surface area (Å²) in [5.74, 6) is 2.20. The van der Waals surface area contributed by atoms with Gasteiger partial charge in [0.05, 0.1) is 12.2 Å². The molecule has 6 nitrogen and oxygen atoms in total. The Hall–Kier alpha value is -0.850. The SMILES string of the molecule is CC(C)CCCC(C)CCCC(C)CCCC(C)(O)C(O)COC(=O)NCCO. The topological polar surface area (TPSA) is 99.0 Å². The first-order valence-corrected chi connectivity index (χ1v) is 11.5. The number of aliphatic hydroxyl groups is 3. The number of rotatable bonds is 17. The van der Waals surface area contributed by atoms with E-state index in [1.165, 1.54) is 38.5 Å². The van der Waals surface area contributed by atoms with Crippen LogP contribution in [-0.2, 0) is 4.74 Å². The third-order valence-electron chi connectivity index (χ3n) is 5.72. The highest BCUT2D eigenvalue weighted by Gasteiger charge is 2.31. The molecule has 4 atom stereocenters. The molecule has 4 unspecified atom stereocenters. The smallest absolute Gasteiger partial charge is 0.407 e. The van der Waals surface area contributed by atoms with Crippen LogP contribution in [0.1, 0.15) is 92.4 Å². The van der Waals surface area contributed by atoms with Gasteiger partial charge >= 0.3 is 6.09 Å². The van der Waals surface area contributed by atoms with Crippen LogP contribution in [0, 0.1) is 17.8 Å². The minimum Gasteiger partial charge on any atom is -0.447 e. The number of carbonyl (C=O) groups excluding carboxylic acids is 1. The maximum Gasteiger partial charge on any atom is 0.407 e. The van der Waals surface area contributed by atoms with E-state index < -0.39 is 17.8 Å². The molecule has 0 heterocycles. The Bertz CT molecular complexity index is 414. The highest BCUT2D eigenvalue weighted by molar-refractivity contribution is 5.67. The molecule has 0 saturated heterocycles. The van der Waals surface area contributed by atoms with Crippen molar-refractivity contribution in [3.8, 4) is 0 Å². The number of alkyl carbamates (subject to hydrolysis) is 1. The van der Waals surface area contributed by atoms with Gasteiger partial charge in [0.2, 0.25) is 0 Å². The van der Waals surface area contributed by atoms with E-state index in [9.17, 15) is 15.0 Å². The third-order valence-corrected chi connectivity index (χ3v) is 5.72. The van der Waals surface area contributed by atoms with E-state index in [1.54, 1.807) is 6.92 Å². The number of ether oxygens (including phenoxy) is 1. The summed E-state index contributed by atoms with van der Waals surface area (Å²) in [5, 5.41) is 31.5. The van der Waals surface area contributed by atoms with Crippen LogP contribution >= 0.6 is 0 Å². The fourth-order valence-corrected chi connectivity index (χ4v) is 3.50. The van der Waals surface area contributed by atoms with Crippen molar-refractivity contribution in [2.24, 2.45) is 17.8 Å². The first kappa shape index (κ1) is 28.1. The normalized spacial score (nSPS) is 16.9. The van der Waals surface area contributed by atoms with Gasteiger partial charge < -0.3 is 25.4 Å². The predicted octanol–water partition coefficient (Wildman–Crippen LogP) is 4.26. The summed E-state index contributed by atoms with van der Waals surface area (Å²) in [6.07, 6.45) is 8.18. The van der Waals surface area contributed by atoms with E-state index in [0.29, 0.717) is 12.3 Å². The largest absolute Gasteiger partial charge is 0.447 e. The second-order valence-electron chi connectivity index (χ2n) is 9.48. The highest BCUT2D eigenvalue weighted by atomic mass is 16.6. The molecule has 0 rings (SSSR count). The summed E-state index contributed by atoms with van der Waals surface area (Å²) in [5.41, 5.74) is -1.29. The van der Waals surface area contributed by atoms with E-state index >= 15 is 0 Å². The Morgan fingerprint density at radius 3 is 2.00 bits per heavy atom. The van der Waals surface area contributed by atoms with Gasteiger partial charge in [0.1, 0.15) is 12.7 Å². The number of hydrogen-bond acceptors (Lipinski definition) is 5. The summed E-state index contributed by atoms with van der Waals surface area (Å²) in [4.78, 5) is 11.3. The zero-order valence-corrected chi connectivity index (χ0v) is 19.5. The van der Waals surface area contributed by atoms with Crippen molar-refractivity contribution in [3.05, 3.63) is 0 Å². The van der Waals surface area contributed by atoms with Crippen LogP contribution in [0.25, 0.3) is 0 Å². The number of carbonyl (C=O) groups is 1. The Balaban J connectivity index is 3.91. The van der Waals surface area contributed by atoms with E-state index in [1.807, 2.05) is 0 Å². The van der Waals surface area contributed by atoms with Crippen LogP contribution in [0.15, 0.2) is 0 Å². The molecule has 0 aromatic carbocycles. The van der Waals surface area contributed by atoms with Crippen molar-refractivity contribution in [1.29, 1.82) is 0 Å². The van der Waals surface area contributed by atoms with Crippen molar-refractivity contribution < 1.29 is 24.9 Å². The molecule has 0 aliphatic rings. The Labute approximate surface area is 178 Å². The van der Waals surface area contributed by atoms with Crippen LogP contribution in [-0.4, -0.2) is 52.9 Å². The number of hydrogen-bond donors (Lipinski definition) is 4. The van der Waals surface area contributed by atoms with Gasteiger partial charge in [0.15, 0.2) is 0 Å². The second-order valence-corrected chi connectivity index (χ2v) is 9.48. The summed E-state index contributed by atoms with van der Waals surface area (Å²) in [7, 11) is 0. The van der Waals surface area contributed by atoms with Crippen LogP contribution in [0.4, 0.5) is 4.79 Å². The standard InChI is InChI=1S/C23H47NO5/c1-18(2)9-6-10-19(3)11-7-12-20(4)13-8-14-23(5,28)21(26)17-29-22(27)24-15-16-25/h18-21,25-26,28H,6-17H2,1-5H3,(H,24,27). The van der Waals surface area contributed by atoms with Crippen molar-refractivity contribution in [1.82, 2.24) is 5.32 Å². The zero-order valence-electron chi connectivity index (χ0n) is 19.5. The van der Waals surface area contributed by atoms with Gasteiger partial charge in [-0.2, -0.15) is 0 Å². The Morgan fingerprint density at radius 2 is 1.48 bits per heavy atom. The number of aliphatic hydroxyl groups excluding tert-OH is 2. The number of amides is 1. The van der Waals surface area contributed by atoms with E-state index in [-0.39, 0.29) is 19.8 Å². The Morgan fingerprint density at radius 1 is 0.966 bits per heavy atom. The molecule has 0 saturated carbocycles. The highest BCUT2D eigenvalue weighted by Crippen LogP contribution is 2.24. The van der Waals surface area contributed by atoms with Gasteiger partial charge in [-0.15, -0.1) is 0 Å². The predicted molar refractivity (Wildman–Crippen MR) is 118 cm³/mol. The fraction of sp³-hybridized carbons (Fsp3) is 0.957. The molecule has 0 bridgehead atoms. The van der Waals surface area contributed by atoms with Crippen LogP contribution in [0.3, 0.4) is 0 Å². The summed E-state index contributed by atoms with van der Waals surface area (Å²) in [6.45, 7) is 10.4. The first-order chi connectivity index (χ1) is 13.6. The van der Waals surface area contributed by atoms with Gasteiger partial charge in [-0.25, -0.2) is 4.79 Å². The molecule has 0 aromatic heterocycles. The minimum absolute atomic E-state index is 0.0972. The molecule has 0 fully saturated rings. The molecule has 0 aromatic rings. The summed E-state index contributed by atoms with van der Waals surface area (Å²) < 4.78 is 4.86. The number of nitrogens with one attached hydrogen (secondary N) is 1. The van der Waals surface area contributed by atoms with Gasteiger partial charge in [-0.05, 0) is 31.1 Å². The molecular formula is C23H47NO5. The quantitative estimate of drug-likeness (QED) is 0.283. The van der Waals surface area contributed by atoms with Crippen LogP contribution in [0.2, 0.25) is 0 Å². The van der Waals surface area contributed by atoms with Crippen LogP contribution < -0.4 is 5.32 Å². The average molecular weight is 418 g/mol. The molecule has 4 N–H and O–H groups in total. The van der Waals surface area contributed by atoms with Crippen molar-refractivity contribution in [2.45, 2.75) is 104 Å². The van der Waals surface area contributed by atoms with E-state index in [0.717, 1.165) is 24.7 Å². The van der Waals surface area contributed by atoms with Gasteiger partial charge in [-0.1, -0.05) is 79.1 Å². The molecule has 0 radical (unpaired) electrons. The molecule has 29 heavy (non-hydrogen) atoms. The van der Waals surface area contributed by atoms with Gasteiger partial charge in [0.25, 0.3) is 0 Å². The van der Waals surface area contributed by atoms with Crippen LogP contribution in [0.5, 0.6) is 0 Å². The summed E-state index contributed by atoms with van der Waals surface area (Å²) in [6, 6.07) is 0. The summed E-state index contributed by atoms with van der Waals surface area (Å²) >= 11 is 0. The van der Waals surface area contributed by atoms with Crippen molar-refractivity contribution >= 4 is 6.09 Å².